The zero-order valence-electron chi connectivity index (χ0n) is 34.3. The van der Waals surface area contributed by atoms with Crippen molar-refractivity contribution < 1.29 is 80.6 Å². The van der Waals surface area contributed by atoms with Crippen molar-refractivity contribution in [1.29, 1.82) is 0 Å². The van der Waals surface area contributed by atoms with E-state index in [0.29, 0.717) is 38.6 Å². The highest BCUT2D eigenvalue weighted by Crippen LogP contribution is 2.48. The van der Waals surface area contributed by atoms with Gasteiger partial charge in [0.1, 0.15) is 52.0 Å². The molecule has 2 aliphatic heterocycles. The molecule has 2 unspecified atom stereocenters. The van der Waals surface area contributed by atoms with Crippen LogP contribution >= 0.6 is 6.72 Å². The molecule has 1 aromatic carbocycles. The van der Waals surface area contributed by atoms with E-state index in [4.69, 9.17) is 66.6 Å². The lowest BCUT2D eigenvalue weighted by molar-refractivity contribution is -0.277. The summed E-state index contributed by atoms with van der Waals surface area (Å²) < 4.78 is 54.8. The van der Waals surface area contributed by atoms with Gasteiger partial charge in [0.05, 0.1) is 0 Å². The maximum absolute atomic E-state index is 12.5. The number of urea groups is 1. The van der Waals surface area contributed by atoms with Crippen LogP contribution < -0.4 is 16.0 Å². The number of carbonyl (C=O) groups excluding carboxylic acids is 6. The van der Waals surface area contributed by atoms with E-state index in [2.05, 4.69) is 16.0 Å². The number of nitrogens with one attached hydrogen (secondary N) is 3. The molecular formula is C37H55BN3O17PS. The Labute approximate surface area is 355 Å². The normalized spacial score (nSPS) is 25.8. The number of benzene rings is 1. The second kappa shape index (κ2) is 25.8. The Hall–Kier alpha value is -3.89. The molecule has 2 fully saturated rings. The minimum Gasteiger partial charge on any atom is -0.463 e. The van der Waals surface area contributed by atoms with E-state index in [0.717, 1.165) is 19.4 Å². The topological polar surface area (TPSA) is 251 Å². The van der Waals surface area contributed by atoms with Gasteiger partial charge in [-0.2, -0.15) is 0 Å². The monoisotopic (exact) mass is 887 g/mol. The van der Waals surface area contributed by atoms with Gasteiger partial charge in [0.2, 0.25) is 5.91 Å². The summed E-state index contributed by atoms with van der Waals surface area (Å²) in [6.07, 6.45) is -4.83. The van der Waals surface area contributed by atoms with Gasteiger partial charge < -0.3 is 67.8 Å². The quantitative estimate of drug-likeness (QED) is 0.0403. The second-order valence-electron chi connectivity index (χ2n) is 13.8. The lowest BCUT2D eigenvalue weighted by Crippen LogP contribution is -2.66. The van der Waals surface area contributed by atoms with Crippen LogP contribution in [0.15, 0.2) is 30.3 Å². The molecule has 1 aromatic rings. The van der Waals surface area contributed by atoms with Crippen molar-refractivity contribution in [1.82, 2.24) is 16.0 Å². The van der Waals surface area contributed by atoms with Gasteiger partial charge in [0, 0.05) is 66.4 Å². The molecule has 2 heterocycles. The van der Waals surface area contributed by atoms with Gasteiger partial charge in [-0.25, -0.2) is 9.59 Å². The third kappa shape index (κ3) is 18.0. The van der Waals surface area contributed by atoms with Crippen LogP contribution in [-0.4, -0.2) is 138 Å². The summed E-state index contributed by atoms with van der Waals surface area (Å²) in [6, 6.07) is 6.72. The van der Waals surface area contributed by atoms with Gasteiger partial charge in [-0.15, -0.1) is 0 Å². The smallest absolute Gasteiger partial charge is 0.463 e. The summed E-state index contributed by atoms with van der Waals surface area (Å²) in [7, 11) is 7.47. The minimum atomic E-state index is -3.67. The van der Waals surface area contributed by atoms with Crippen molar-refractivity contribution >= 4 is 62.4 Å². The number of esters is 3. The SMILES string of the molecule is [B][C@@H]1O[C@H](COC(=O)OCc2ccccc2)C(OP(O)(=S)OC)[C@@H]1CCCNC(=O)NCCCCCO[C@@H]1O[C@H](COC(C)=O)[C@H](OC(C)=O)[C@H](OC(C)=O)[C@H]1NC(C)=O. The van der Waals surface area contributed by atoms with E-state index >= 15 is 0 Å². The van der Waals surface area contributed by atoms with Crippen LogP contribution in [-0.2, 0) is 84.5 Å². The first kappa shape index (κ1) is 50.5. The van der Waals surface area contributed by atoms with Gasteiger partial charge in [0.25, 0.3) is 0 Å². The summed E-state index contributed by atoms with van der Waals surface area (Å²) in [6.45, 7) is 1.20. The molecule has 0 aromatic heterocycles. The molecule has 2 saturated heterocycles. The molecule has 2 radical (unpaired) electrons. The van der Waals surface area contributed by atoms with Crippen molar-refractivity contribution in [2.75, 3.05) is 40.0 Å². The van der Waals surface area contributed by atoms with Crippen LogP contribution in [0.3, 0.4) is 0 Å². The molecule has 10 atom stereocenters. The van der Waals surface area contributed by atoms with E-state index in [-0.39, 0.29) is 33.0 Å². The molecular weight excluding hydrogens is 832 g/mol. The van der Waals surface area contributed by atoms with Crippen LogP contribution in [0.1, 0.15) is 65.4 Å². The molecule has 334 valence electrons. The zero-order chi connectivity index (χ0) is 44.2. The third-order valence-corrected chi connectivity index (χ3v) is 10.7. The average molecular weight is 888 g/mol. The maximum Gasteiger partial charge on any atom is 0.508 e. The summed E-state index contributed by atoms with van der Waals surface area (Å²) >= 11 is 5.06. The Morgan fingerprint density at radius 1 is 0.800 bits per heavy atom. The van der Waals surface area contributed by atoms with E-state index in [1.807, 2.05) is 18.2 Å². The maximum atomic E-state index is 12.5. The lowest BCUT2D eigenvalue weighted by Gasteiger charge is -2.44. The largest absolute Gasteiger partial charge is 0.508 e. The van der Waals surface area contributed by atoms with Crippen molar-refractivity contribution in [2.24, 2.45) is 5.92 Å². The number of hydrogen-bond donors (Lipinski definition) is 4. The molecule has 3 rings (SSSR count). The first-order valence-electron chi connectivity index (χ1n) is 19.3. The molecule has 4 N–H and O–H groups in total. The fourth-order valence-corrected chi connectivity index (χ4v) is 7.38. The Balaban J connectivity index is 1.42. The Bertz CT molecular complexity index is 1620. The summed E-state index contributed by atoms with van der Waals surface area (Å²) in [5.74, 6) is -3.03. The number of ether oxygens (including phenoxy) is 8. The third-order valence-electron chi connectivity index (χ3n) is 9.05. The zero-order valence-corrected chi connectivity index (χ0v) is 36.0. The van der Waals surface area contributed by atoms with Gasteiger partial charge in [0.15, 0.2) is 18.5 Å². The number of carbonyl (C=O) groups is 6. The Kier molecular flexibility index (Phi) is 21.7. The number of rotatable bonds is 23. The predicted octanol–water partition coefficient (Wildman–Crippen LogP) is 2.02. The summed E-state index contributed by atoms with van der Waals surface area (Å²) in [4.78, 5) is 82.8. The van der Waals surface area contributed by atoms with E-state index in [1.54, 1.807) is 12.1 Å². The molecule has 0 spiro atoms. The van der Waals surface area contributed by atoms with Crippen LogP contribution in [0.5, 0.6) is 0 Å². The number of unbranched alkanes of at least 4 members (excludes halogenated alkanes) is 2. The fourth-order valence-electron chi connectivity index (χ4n) is 6.40. The molecule has 0 bridgehead atoms. The Morgan fingerprint density at radius 2 is 1.43 bits per heavy atom. The summed E-state index contributed by atoms with van der Waals surface area (Å²) in [5, 5.41) is 8.19. The van der Waals surface area contributed by atoms with Crippen LogP contribution in [0.25, 0.3) is 0 Å². The molecule has 23 heteroatoms. The molecule has 0 saturated carbocycles. The standard InChI is InChI=1S/C37H55BN3O17PS/c1-22(42)41-30-33(55-25(4)45)32(54-24(3)44)29(20-51-23(2)43)57-35(30)50-18-11-7-10-16-39-36(46)40-17-12-15-27-31(58-59(48,60)49-5)28(56-34(27)38)21-53-37(47)52-19-26-13-8-6-9-14-26/h6,8-9,13-14,27-35H,7,10-12,15-21H2,1-5H3,(H,41,42)(H,48,60)(H2,39,40,46)/t27-,28+,29+,30+,31?,32-,33+,34+,35+,59?/m0/s1. The first-order valence-corrected chi connectivity index (χ1v) is 21.9. The second-order valence-corrected chi connectivity index (χ2v) is 16.7. The van der Waals surface area contributed by atoms with Crippen LogP contribution in [0.2, 0.25) is 0 Å². The number of amides is 3. The van der Waals surface area contributed by atoms with Crippen molar-refractivity contribution in [3.8, 4) is 0 Å². The van der Waals surface area contributed by atoms with Gasteiger partial charge in [-0.1, -0.05) is 30.3 Å². The molecule has 60 heavy (non-hydrogen) atoms. The van der Waals surface area contributed by atoms with Gasteiger partial charge in [-0.05, 0) is 49.5 Å². The lowest BCUT2D eigenvalue weighted by atomic mass is 9.82. The highest BCUT2D eigenvalue weighted by atomic mass is 32.5. The average Bonchev–Trinajstić information content (AvgIpc) is 3.47. The van der Waals surface area contributed by atoms with Crippen LogP contribution in [0, 0.1) is 5.92 Å². The first-order chi connectivity index (χ1) is 28.5. The predicted molar refractivity (Wildman–Crippen MR) is 213 cm³/mol. The minimum absolute atomic E-state index is 0.00920. The number of hydrogen-bond acceptors (Lipinski definition) is 17. The van der Waals surface area contributed by atoms with Crippen LogP contribution in [0.4, 0.5) is 9.59 Å². The van der Waals surface area contributed by atoms with Crippen molar-refractivity contribution in [3.05, 3.63) is 35.9 Å². The Morgan fingerprint density at radius 3 is 2.07 bits per heavy atom. The molecule has 20 nitrogen and oxygen atoms in total. The highest BCUT2D eigenvalue weighted by Gasteiger charge is 2.51. The van der Waals surface area contributed by atoms with Gasteiger partial charge >= 0.3 is 36.8 Å². The molecule has 3 amide bonds. The van der Waals surface area contributed by atoms with E-state index < -0.39 is 97.5 Å². The van der Waals surface area contributed by atoms with Gasteiger partial charge in [-0.3, -0.25) is 19.2 Å². The van der Waals surface area contributed by atoms with E-state index in [1.165, 1.54) is 21.0 Å². The fraction of sp³-hybridized carbons (Fsp3) is 0.676. The summed E-state index contributed by atoms with van der Waals surface area (Å²) in [5.41, 5.74) is 0.775. The van der Waals surface area contributed by atoms with E-state index in [9.17, 15) is 33.7 Å². The molecule has 0 aliphatic carbocycles. The highest BCUT2D eigenvalue weighted by molar-refractivity contribution is 8.07. The molecule has 2 aliphatic rings. The van der Waals surface area contributed by atoms with Crippen molar-refractivity contribution in [3.63, 3.8) is 0 Å². The van der Waals surface area contributed by atoms with Crippen molar-refractivity contribution in [2.45, 2.75) is 115 Å².